The maximum Gasteiger partial charge on any atom is 0.123 e. The summed E-state index contributed by atoms with van der Waals surface area (Å²) in [7, 11) is 0. The first-order valence-corrected chi connectivity index (χ1v) is 9.48. The molecule has 0 spiro atoms. The van der Waals surface area contributed by atoms with Gasteiger partial charge in [-0.15, -0.1) is 0 Å². The molecule has 1 saturated heterocycles. The lowest BCUT2D eigenvalue weighted by Crippen LogP contribution is -2.48. The van der Waals surface area contributed by atoms with Gasteiger partial charge in [0, 0.05) is 38.0 Å². The fraction of sp³-hybridized carbons (Fsp3) is 0.455. The number of aliphatic hydroxyl groups is 1. The highest BCUT2D eigenvalue weighted by Gasteiger charge is 2.34. The van der Waals surface area contributed by atoms with Gasteiger partial charge in [0.15, 0.2) is 0 Å². The number of phenols is 1. The lowest BCUT2D eigenvalue weighted by atomic mass is 9.85. The average Bonchev–Trinajstić information content (AvgIpc) is 3.01. The summed E-state index contributed by atoms with van der Waals surface area (Å²) in [6, 6.07) is 13.8. The van der Waals surface area contributed by atoms with Crippen LogP contribution >= 0.6 is 0 Å². The summed E-state index contributed by atoms with van der Waals surface area (Å²) in [5, 5.41) is 20.6. The largest absolute Gasteiger partial charge is 0.508 e. The predicted molar refractivity (Wildman–Crippen MR) is 102 cm³/mol. The molecule has 2 aromatic rings. The molecule has 0 amide bonds. The van der Waals surface area contributed by atoms with Crippen molar-refractivity contribution in [2.24, 2.45) is 0 Å². The molecular formula is C22H27NO3. The molecule has 0 unspecified atom stereocenters. The summed E-state index contributed by atoms with van der Waals surface area (Å²) in [6.45, 7) is 4.74. The minimum Gasteiger partial charge on any atom is -0.508 e. The number of rotatable bonds is 4. The Bertz CT molecular complexity index is 763. The van der Waals surface area contributed by atoms with Gasteiger partial charge >= 0.3 is 0 Å². The quantitative estimate of drug-likeness (QED) is 0.887. The standard InChI is InChI=1S/C22H27NO3/c1-16-2-4-17(5-3-16)14-22(25)8-10-23(11-9-22)15-20-13-18-12-19(24)6-7-21(18)26-20/h2-7,12,20,24-25H,8-11,13-15H2,1H3/t20-/m0/s1. The highest BCUT2D eigenvalue weighted by molar-refractivity contribution is 5.42. The number of aryl methyl sites for hydroxylation is 1. The van der Waals surface area contributed by atoms with Crippen molar-refractivity contribution in [3.63, 3.8) is 0 Å². The van der Waals surface area contributed by atoms with Crippen LogP contribution in [-0.2, 0) is 12.8 Å². The molecule has 2 aliphatic heterocycles. The molecule has 0 radical (unpaired) electrons. The maximum atomic E-state index is 11.0. The Kier molecular flexibility index (Phi) is 4.63. The van der Waals surface area contributed by atoms with Crippen molar-refractivity contribution in [3.8, 4) is 11.5 Å². The second-order valence-electron chi connectivity index (χ2n) is 7.92. The molecular weight excluding hydrogens is 326 g/mol. The van der Waals surface area contributed by atoms with Crippen molar-refractivity contribution in [2.75, 3.05) is 19.6 Å². The lowest BCUT2D eigenvalue weighted by Gasteiger charge is -2.39. The Balaban J connectivity index is 1.29. The van der Waals surface area contributed by atoms with Gasteiger partial charge in [-0.25, -0.2) is 0 Å². The highest BCUT2D eigenvalue weighted by atomic mass is 16.5. The number of hydrogen-bond acceptors (Lipinski definition) is 4. The topological polar surface area (TPSA) is 52.9 Å². The van der Waals surface area contributed by atoms with E-state index in [-0.39, 0.29) is 6.10 Å². The summed E-state index contributed by atoms with van der Waals surface area (Å²) in [4.78, 5) is 2.39. The van der Waals surface area contributed by atoms with Gasteiger partial charge in [-0.2, -0.15) is 0 Å². The van der Waals surface area contributed by atoms with Crippen LogP contribution in [-0.4, -0.2) is 46.5 Å². The van der Waals surface area contributed by atoms with Crippen LogP contribution in [0.15, 0.2) is 42.5 Å². The van der Waals surface area contributed by atoms with Crippen LogP contribution in [0.25, 0.3) is 0 Å². The first-order chi connectivity index (χ1) is 12.5. The molecule has 26 heavy (non-hydrogen) atoms. The van der Waals surface area contributed by atoms with Gasteiger partial charge in [-0.3, -0.25) is 4.90 Å². The van der Waals surface area contributed by atoms with E-state index >= 15 is 0 Å². The van der Waals surface area contributed by atoms with Crippen molar-refractivity contribution in [3.05, 3.63) is 59.2 Å². The lowest BCUT2D eigenvalue weighted by molar-refractivity contribution is -0.0265. The number of benzene rings is 2. The summed E-state index contributed by atoms with van der Waals surface area (Å²) in [6.07, 6.45) is 3.29. The minimum absolute atomic E-state index is 0.134. The SMILES string of the molecule is Cc1ccc(CC2(O)CCN(C[C@@H]3Cc4cc(O)ccc4O3)CC2)cc1. The molecule has 0 aromatic heterocycles. The fourth-order valence-electron chi connectivity index (χ4n) is 4.11. The maximum absolute atomic E-state index is 11.0. The van der Waals surface area contributed by atoms with E-state index in [1.54, 1.807) is 12.1 Å². The van der Waals surface area contributed by atoms with Crippen molar-refractivity contribution in [1.29, 1.82) is 0 Å². The van der Waals surface area contributed by atoms with Gasteiger partial charge in [0.1, 0.15) is 17.6 Å². The van der Waals surface area contributed by atoms with Gasteiger partial charge in [0.05, 0.1) is 5.60 Å². The molecule has 4 heteroatoms. The predicted octanol–water partition coefficient (Wildman–Crippen LogP) is 3.07. The van der Waals surface area contributed by atoms with Crippen molar-refractivity contribution >= 4 is 0 Å². The van der Waals surface area contributed by atoms with Crippen LogP contribution in [0, 0.1) is 6.92 Å². The number of hydrogen-bond donors (Lipinski definition) is 2. The molecule has 1 fully saturated rings. The van der Waals surface area contributed by atoms with Crippen molar-refractivity contribution in [2.45, 2.75) is 44.3 Å². The number of likely N-dealkylation sites (tertiary alicyclic amines) is 1. The molecule has 0 aliphatic carbocycles. The summed E-state index contributed by atoms with van der Waals surface area (Å²) in [5.41, 5.74) is 2.95. The number of ether oxygens (including phenoxy) is 1. The Labute approximate surface area is 155 Å². The van der Waals surface area contributed by atoms with Gasteiger partial charge < -0.3 is 14.9 Å². The van der Waals surface area contributed by atoms with E-state index in [4.69, 9.17) is 4.74 Å². The van der Waals surface area contributed by atoms with Gasteiger partial charge in [-0.1, -0.05) is 29.8 Å². The third-order valence-corrected chi connectivity index (χ3v) is 5.69. The van der Waals surface area contributed by atoms with E-state index in [1.165, 1.54) is 11.1 Å². The van der Waals surface area contributed by atoms with Gasteiger partial charge in [0.2, 0.25) is 0 Å². The zero-order chi connectivity index (χ0) is 18.1. The van der Waals surface area contributed by atoms with Crippen LogP contribution in [0.5, 0.6) is 11.5 Å². The van der Waals surface area contributed by atoms with E-state index in [0.29, 0.717) is 5.75 Å². The van der Waals surface area contributed by atoms with Crippen LogP contribution in [0.1, 0.15) is 29.5 Å². The van der Waals surface area contributed by atoms with Crippen LogP contribution in [0.4, 0.5) is 0 Å². The van der Waals surface area contributed by atoms with E-state index < -0.39 is 5.60 Å². The summed E-state index contributed by atoms with van der Waals surface area (Å²) in [5.74, 6) is 1.19. The highest BCUT2D eigenvalue weighted by Crippen LogP contribution is 2.33. The van der Waals surface area contributed by atoms with Gasteiger partial charge in [-0.05, 0) is 43.5 Å². The third-order valence-electron chi connectivity index (χ3n) is 5.69. The number of phenolic OH excluding ortho intramolecular Hbond substituents is 1. The molecule has 2 N–H and O–H groups in total. The molecule has 2 aliphatic rings. The minimum atomic E-state index is -0.600. The van der Waals surface area contributed by atoms with Crippen molar-refractivity contribution < 1.29 is 14.9 Å². The molecule has 138 valence electrons. The van der Waals surface area contributed by atoms with E-state index in [0.717, 1.165) is 56.6 Å². The average molecular weight is 353 g/mol. The first kappa shape index (κ1) is 17.4. The van der Waals surface area contributed by atoms with E-state index in [2.05, 4.69) is 36.1 Å². The molecule has 0 saturated carbocycles. The van der Waals surface area contributed by atoms with Crippen LogP contribution in [0.3, 0.4) is 0 Å². The number of fused-ring (bicyclic) bond motifs is 1. The van der Waals surface area contributed by atoms with Gasteiger partial charge in [0.25, 0.3) is 0 Å². The second kappa shape index (κ2) is 6.93. The van der Waals surface area contributed by atoms with E-state index in [1.807, 2.05) is 6.07 Å². The Morgan fingerprint density at radius 1 is 1.12 bits per heavy atom. The monoisotopic (exact) mass is 353 g/mol. The smallest absolute Gasteiger partial charge is 0.123 e. The summed E-state index contributed by atoms with van der Waals surface area (Å²) < 4.78 is 6.01. The number of nitrogens with zero attached hydrogens (tertiary/aromatic N) is 1. The molecule has 4 rings (SSSR count). The first-order valence-electron chi connectivity index (χ1n) is 9.48. The Morgan fingerprint density at radius 2 is 1.85 bits per heavy atom. The Hall–Kier alpha value is -2.04. The zero-order valence-corrected chi connectivity index (χ0v) is 15.3. The zero-order valence-electron chi connectivity index (χ0n) is 15.3. The van der Waals surface area contributed by atoms with E-state index in [9.17, 15) is 10.2 Å². The third kappa shape index (κ3) is 3.87. The summed E-state index contributed by atoms with van der Waals surface area (Å²) >= 11 is 0. The number of piperidine rings is 1. The van der Waals surface area contributed by atoms with Crippen molar-refractivity contribution in [1.82, 2.24) is 4.90 Å². The molecule has 2 heterocycles. The van der Waals surface area contributed by atoms with Crippen LogP contribution in [0.2, 0.25) is 0 Å². The molecule has 1 atom stereocenters. The number of aromatic hydroxyl groups is 1. The second-order valence-corrected chi connectivity index (χ2v) is 7.92. The Morgan fingerprint density at radius 3 is 2.58 bits per heavy atom. The van der Waals surface area contributed by atoms with Crippen LogP contribution < -0.4 is 4.74 Å². The fourth-order valence-corrected chi connectivity index (χ4v) is 4.11. The molecule has 2 aromatic carbocycles. The molecule has 0 bridgehead atoms. The molecule has 4 nitrogen and oxygen atoms in total. The normalized spacial score (nSPS) is 22.0.